The zero-order valence-electron chi connectivity index (χ0n) is 11.2. The Morgan fingerprint density at radius 2 is 2.26 bits per heavy atom. The molecule has 106 valence electrons. The topological polar surface area (TPSA) is 55.2 Å². The van der Waals surface area contributed by atoms with Crippen LogP contribution in [0.5, 0.6) is 0 Å². The van der Waals surface area contributed by atoms with E-state index in [0.717, 1.165) is 28.0 Å². The fourth-order valence-corrected chi connectivity index (χ4v) is 2.81. The van der Waals surface area contributed by atoms with Crippen LogP contribution in [-0.4, -0.2) is 22.5 Å². The molecule has 0 aliphatic heterocycles. The minimum Gasteiger partial charge on any atom is -0.310 e. The summed E-state index contributed by atoms with van der Waals surface area (Å²) >= 11 is 5.17. The summed E-state index contributed by atoms with van der Waals surface area (Å²) in [7, 11) is 0. The molecule has 0 saturated carbocycles. The van der Waals surface area contributed by atoms with Crippen molar-refractivity contribution in [2.75, 3.05) is 11.5 Å². The zero-order valence-corrected chi connectivity index (χ0v) is 13.6. The van der Waals surface area contributed by atoms with E-state index in [0.29, 0.717) is 12.6 Å². The summed E-state index contributed by atoms with van der Waals surface area (Å²) < 4.78 is 0.732. The van der Waals surface area contributed by atoms with Crippen molar-refractivity contribution in [1.82, 2.24) is 5.32 Å². The fraction of sp³-hybridized carbons (Fsp3) is 0.538. The normalized spacial score (nSPS) is 12.4. The van der Waals surface area contributed by atoms with Gasteiger partial charge in [0.05, 0.1) is 4.92 Å². The summed E-state index contributed by atoms with van der Waals surface area (Å²) in [6.45, 7) is 4.79. The molecule has 0 amide bonds. The average molecular weight is 347 g/mol. The second-order valence-corrected chi connectivity index (χ2v) is 6.61. The first-order chi connectivity index (χ1) is 9.04. The molecular formula is C13H19BrN2O2S. The highest BCUT2D eigenvalue weighted by atomic mass is 79.9. The molecule has 0 aromatic heterocycles. The lowest BCUT2D eigenvalue weighted by atomic mass is 10.1. The fourth-order valence-electron chi connectivity index (χ4n) is 1.65. The summed E-state index contributed by atoms with van der Waals surface area (Å²) in [5.41, 5.74) is 0.889. The summed E-state index contributed by atoms with van der Waals surface area (Å²) in [6, 6.07) is 5.54. The van der Waals surface area contributed by atoms with Gasteiger partial charge in [-0.05, 0) is 37.0 Å². The van der Waals surface area contributed by atoms with E-state index in [9.17, 15) is 10.1 Å². The van der Waals surface area contributed by atoms with Crippen molar-refractivity contribution in [3.05, 3.63) is 38.3 Å². The number of halogens is 1. The molecule has 0 aliphatic carbocycles. The van der Waals surface area contributed by atoms with Crippen LogP contribution in [0.15, 0.2) is 22.7 Å². The first-order valence-electron chi connectivity index (χ1n) is 6.28. The molecule has 0 aliphatic rings. The number of hydrogen-bond acceptors (Lipinski definition) is 4. The molecule has 0 spiro atoms. The number of hydrogen-bond donors (Lipinski definition) is 1. The van der Waals surface area contributed by atoms with Crippen LogP contribution < -0.4 is 5.32 Å². The van der Waals surface area contributed by atoms with Crippen LogP contribution >= 0.6 is 27.7 Å². The molecule has 1 aromatic rings. The summed E-state index contributed by atoms with van der Waals surface area (Å²) in [5, 5.41) is 14.3. The van der Waals surface area contributed by atoms with Crippen molar-refractivity contribution >= 4 is 33.4 Å². The van der Waals surface area contributed by atoms with Gasteiger partial charge >= 0.3 is 0 Å². The van der Waals surface area contributed by atoms with Gasteiger partial charge in [0.1, 0.15) is 0 Å². The van der Waals surface area contributed by atoms with E-state index in [1.54, 1.807) is 12.1 Å². The molecule has 0 fully saturated rings. The molecule has 0 bridgehead atoms. The van der Waals surface area contributed by atoms with Crippen LogP contribution in [0.3, 0.4) is 0 Å². The van der Waals surface area contributed by atoms with Gasteiger partial charge in [0.25, 0.3) is 5.69 Å². The number of rotatable bonds is 8. The van der Waals surface area contributed by atoms with Crippen molar-refractivity contribution < 1.29 is 4.92 Å². The van der Waals surface area contributed by atoms with Gasteiger partial charge in [-0.25, -0.2) is 0 Å². The van der Waals surface area contributed by atoms with Gasteiger partial charge in [-0.2, -0.15) is 11.8 Å². The number of nitrogens with one attached hydrogen (secondary N) is 1. The van der Waals surface area contributed by atoms with Crippen molar-refractivity contribution in [2.24, 2.45) is 0 Å². The Morgan fingerprint density at radius 1 is 1.53 bits per heavy atom. The van der Waals surface area contributed by atoms with Crippen LogP contribution in [0.1, 0.15) is 25.8 Å². The van der Waals surface area contributed by atoms with Gasteiger partial charge in [0, 0.05) is 28.7 Å². The lowest BCUT2D eigenvalue weighted by molar-refractivity contribution is -0.385. The van der Waals surface area contributed by atoms with Gasteiger partial charge in [0.2, 0.25) is 0 Å². The molecule has 0 radical (unpaired) electrons. The van der Waals surface area contributed by atoms with E-state index in [-0.39, 0.29) is 10.6 Å². The van der Waals surface area contributed by atoms with Gasteiger partial charge in [0.15, 0.2) is 0 Å². The summed E-state index contributed by atoms with van der Waals surface area (Å²) in [4.78, 5) is 10.6. The smallest absolute Gasteiger partial charge is 0.275 e. The van der Waals surface area contributed by atoms with Crippen LogP contribution in [-0.2, 0) is 6.54 Å². The van der Waals surface area contributed by atoms with E-state index in [1.807, 2.05) is 17.8 Å². The molecule has 19 heavy (non-hydrogen) atoms. The third-order valence-electron chi connectivity index (χ3n) is 2.78. The van der Waals surface area contributed by atoms with Crippen LogP contribution in [0, 0.1) is 10.1 Å². The highest BCUT2D eigenvalue weighted by Crippen LogP contribution is 2.23. The lowest BCUT2D eigenvalue weighted by Crippen LogP contribution is -2.26. The van der Waals surface area contributed by atoms with Crippen molar-refractivity contribution in [3.63, 3.8) is 0 Å². The number of nitro groups is 1. The molecule has 1 aromatic carbocycles. The Morgan fingerprint density at radius 3 is 2.89 bits per heavy atom. The average Bonchev–Trinajstić information content (AvgIpc) is 2.37. The number of nitrogens with zero attached hydrogens (tertiary/aromatic N) is 1. The maximum Gasteiger partial charge on any atom is 0.275 e. The molecule has 1 N–H and O–H groups in total. The van der Waals surface area contributed by atoms with Crippen LogP contribution in [0.25, 0.3) is 0 Å². The van der Waals surface area contributed by atoms with Gasteiger partial charge in [-0.3, -0.25) is 10.1 Å². The third kappa shape index (κ3) is 5.93. The molecule has 1 unspecified atom stereocenters. The minimum absolute atomic E-state index is 0.164. The van der Waals surface area contributed by atoms with E-state index in [1.165, 1.54) is 0 Å². The molecular weight excluding hydrogens is 328 g/mol. The molecule has 1 rings (SSSR count). The predicted octanol–water partition coefficient (Wildman–Crippen LogP) is 3.98. The monoisotopic (exact) mass is 346 g/mol. The first kappa shape index (κ1) is 16.5. The third-order valence-corrected chi connectivity index (χ3v) is 4.21. The maximum absolute atomic E-state index is 11.0. The van der Waals surface area contributed by atoms with E-state index in [4.69, 9.17) is 0 Å². The minimum atomic E-state index is -0.334. The summed E-state index contributed by atoms with van der Waals surface area (Å²) in [6.07, 6.45) is 1.07. The van der Waals surface area contributed by atoms with Gasteiger partial charge in [-0.1, -0.05) is 22.9 Å². The second kappa shape index (κ2) is 8.55. The molecule has 6 heteroatoms. The highest BCUT2D eigenvalue weighted by molar-refractivity contribution is 9.10. The van der Waals surface area contributed by atoms with Crippen LogP contribution in [0.4, 0.5) is 5.69 Å². The Hall–Kier alpha value is -0.590. The van der Waals surface area contributed by atoms with E-state index < -0.39 is 0 Å². The van der Waals surface area contributed by atoms with Crippen molar-refractivity contribution in [1.29, 1.82) is 0 Å². The van der Waals surface area contributed by atoms with E-state index >= 15 is 0 Å². The van der Waals surface area contributed by atoms with E-state index in [2.05, 4.69) is 35.1 Å². The summed E-state index contributed by atoms with van der Waals surface area (Å²) in [5.74, 6) is 2.25. The molecule has 1 atom stereocenters. The number of thioether (sulfide) groups is 1. The van der Waals surface area contributed by atoms with Crippen LogP contribution in [0.2, 0.25) is 0 Å². The maximum atomic E-state index is 11.0. The predicted molar refractivity (Wildman–Crippen MR) is 84.7 cm³/mol. The Kier molecular flexibility index (Phi) is 7.41. The number of benzene rings is 1. The Balaban J connectivity index is 2.55. The highest BCUT2D eigenvalue weighted by Gasteiger charge is 2.14. The van der Waals surface area contributed by atoms with Gasteiger partial charge < -0.3 is 5.32 Å². The first-order valence-corrected chi connectivity index (χ1v) is 8.23. The van der Waals surface area contributed by atoms with Crippen molar-refractivity contribution in [3.8, 4) is 0 Å². The SMILES string of the molecule is CCSCCC(C)NCc1ccc(Br)cc1[N+](=O)[O-]. The zero-order chi connectivity index (χ0) is 14.3. The molecule has 0 heterocycles. The second-order valence-electron chi connectivity index (χ2n) is 4.30. The Bertz CT molecular complexity index is 429. The quantitative estimate of drug-likeness (QED) is 0.439. The van der Waals surface area contributed by atoms with Crippen molar-refractivity contribution in [2.45, 2.75) is 32.9 Å². The number of nitro benzene ring substituents is 1. The van der Waals surface area contributed by atoms with Gasteiger partial charge in [-0.15, -0.1) is 0 Å². The molecule has 4 nitrogen and oxygen atoms in total. The molecule has 0 saturated heterocycles. The standard InChI is InChI=1S/C13H19BrN2O2S/c1-3-19-7-6-10(2)15-9-11-4-5-12(14)8-13(11)16(17)18/h4-5,8,10,15H,3,6-7,9H2,1-2H3. The largest absolute Gasteiger partial charge is 0.310 e. The lowest BCUT2D eigenvalue weighted by Gasteiger charge is -2.13. The Labute approximate surface area is 126 Å².